The Morgan fingerprint density at radius 3 is 2.35 bits per heavy atom. The molecule has 0 saturated carbocycles. The normalized spacial score (nSPS) is 11.5. The number of nitrogens with one attached hydrogen (secondary N) is 1. The molecule has 0 aliphatic carbocycles. The monoisotopic (exact) mass is 558 g/mol. The first kappa shape index (κ1) is 28.6. The van der Waals surface area contributed by atoms with Crippen LogP contribution in [-0.2, 0) is 14.8 Å². The zero-order chi connectivity index (χ0) is 28.9. The Morgan fingerprint density at radius 2 is 1.65 bits per heavy atom. The SMILES string of the molecule is CCOc1ccccc1N(CC(=O)N/N=C\c1cc(C)n(-c2ccccc2C)c1C)S(=O)(=O)c1ccc(C)cc1. The number of ether oxygens (including phenoxy) is 1. The van der Waals surface area contributed by atoms with Crippen molar-refractivity contribution < 1.29 is 17.9 Å². The molecular weight excluding hydrogens is 524 g/mol. The first-order valence-corrected chi connectivity index (χ1v) is 14.5. The maximum absolute atomic E-state index is 13.7. The van der Waals surface area contributed by atoms with E-state index in [0.29, 0.717) is 12.4 Å². The number of aromatic nitrogens is 1. The van der Waals surface area contributed by atoms with E-state index in [1.54, 1.807) is 42.6 Å². The predicted molar refractivity (Wildman–Crippen MR) is 159 cm³/mol. The molecular formula is C31H34N4O4S. The fraction of sp³-hybridized carbons (Fsp3) is 0.226. The lowest BCUT2D eigenvalue weighted by molar-refractivity contribution is -0.119. The number of carbonyl (C=O) groups is 1. The zero-order valence-electron chi connectivity index (χ0n) is 23.4. The fourth-order valence-corrected chi connectivity index (χ4v) is 5.95. The number of hydrazone groups is 1. The summed E-state index contributed by atoms with van der Waals surface area (Å²) in [5, 5.41) is 4.15. The molecule has 1 aromatic heterocycles. The third kappa shape index (κ3) is 6.10. The summed E-state index contributed by atoms with van der Waals surface area (Å²) in [6, 6.07) is 23.4. The highest BCUT2D eigenvalue weighted by molar-refractivity contribution is 7.92. The summed E-state index contributed by atoms with van der Waals surface area (Å²) < 4.78 is 36.3. The molecule has 0 unspecified atom stereocenters. The zero-order valence-corrected chi connectivity index (χ0v) is 24.2. The number of aryl methyl sites for hydroxylation is 3. The van der Waals surface area contributed by atoms with Crippen molar-refractivity contribution in [3.63, 3.8) is 0 Å². The minimum Gasteiger partial charge on any atom is -0.492 e. The number of rotatable bonds is 10. The molecule has 208 valence electrons. The van der Waals surface area contributed by atoms with Gasteiger partial charge in [0.1, 0.15) is 12.3 Å². The van der Waals surface area contributed by atoms with E-state index in [1.165, 1.54) is 12.1 Å². The highest BCUT2D eigenvalue weighted by Gasteiger charge is 2.29. The molecule has 0 aliphatic heterocycles. The molecule has 40 heavy (non-hydrogen) atoms. The van der Waals surface area contributed by atoms with Crippen LogP contribution in [0, 0.1) is 27.7 Å². The number of carbonyl (C=O) groups excluding carboxylic acids is 1. The molecule has 8 nitrogen and oxygen atoms in total. The van der Waals surface area contributed by atoms with Gasteiger partial charge in [-0.15, -0.1) is 0 Å². The van der Waals surface area contributed by atoms with E-state index >= 15 is 0 Å². The van der Waals surface area contributed by atoms with Gasteiger partial charge in [-0.1, -0.05) is 48.0 Å². The topological polar surface area (TPSA) is 93.0 Å². The Kier molecular flexibility index (Phi) is 8.74. The molecule has 0 spiro atoms. The van der Waals surface area contributed by atoms with Gasteiger partial charge in [0, 0.05) is 22.6 Å². The molecule has 4 aromatic rings. The molecule has 9 heteroatoms. The lowest BCUT2D eigenvalue weighted by Crippen LogP contribution is -2.39. The van der Waals surface area contributed by atoms with Gasteiger partial charge in [-0.05, 0) is 76.6 Å². The van der Waals surface area contributed by atoms with E-state index < -0.39 is 22.5 Å². The molecule has 0 aliphatic rings. The molecule has 0 bridgehead atoms. The number of hydrogen-bond acceptors (Lipinski definition) is 5. The van der Waals surface area contributed by atoms with Gasteiger partial charge in [-0.3, -0.25) is 9.10 Å². The van der Waals surface area contributed by atoms with Crippen LogP contribution in [-0.4, -0.2) is 38.3 Å². The third-order valence-corrected chi connectivity index (χ3v) is 8.32. The summed E-state index contributed by atoms with van der Waals surface area (Å²) in [6.07, 6.45) is 1.57. The largest absolute Gasteiger partial charge is 0.492 e. The Balaban J connectivity index is 1.60. The maximum atomic E-state index is 13.7. The Morgan fingerprint density at radius 1 is 0.975 bits per heavy atom. The van der Waals surface area contributed by atoms with Crippen LogP contribution in [0.25, 0.3) is 5.69 Å². The van der Waals surface area contributed by atoms with E-state index in [0.717, 1.165) is 38.1 Å². The van der Waals surface area contributed by atoms with Gasteiger partial charge in [0.25, 0.3) is 15.9 Å². The van der Waals surface area contributed by atoms with Crippen molar-refractivity contribution in [2.45, 2.75) is 39.5 Å². The molecule has 0 saturated heterocycles. The molecule has 4 rings (SSSR count). The van der Waals surface area contributed by atoms with Gasteiger partial charge < -0.3 is 9.30 Å². The third-order valence-electron chi connectivity index (χ3n) is 6.55. The number of anilines is 1. The van der Waals surface area contributed by atoms with Crippen LogP contribution in [0.3, 0.4) is 0 Å². The van der Waals surface area contributed by atoms with E-state index in [4.69, 9.17) is 4.74 Å². The Bertz CT molecular complexity index is 1640. The molecule has 1 amide bonds. The number of sulfonamides is 1. The molecule has 0 fully saturated rings. The fourth-order valence-electron chi connectivity index (χ4n) is 4.52. The van der Waals surface area contributed by atoms with E-state index in [-0.39, 0.29) is 10.6 Å². The van der Waals surface area contributed by atoms with Gasteiger partial charge in [-0.25, -0.2) is 13.8 Å². The van der Waals surface area contributed by atoms with Gasteiger partial charge in [0.2, 0.25) is 0 Å². The number of benzene rings is 3. The van der Waals surface area contributed by atoms with Gasteiger partial charge in [0.05, 0.1) is 23.4 Å². The molecule has 1 heterocycles. The molecule has 0 atom stereocenters. The number of nitrogens with zero attached hydrogens (tertiary/aromatic N) is 3. The Hall–Kier alpha value is -4.37. The van der Waals surface area contributed by atoms with E-state index in [2.05, 4.69) is 34.2 Å². The highest BCUT2D eigenvalue weighted by Crippen LogP contribution is 2.32. The van der Waals surface area contributed by atoms with Crippen LogP contribution in [0.4, 0.5) is 5.69 Å². The van der Waals surface area contributed by atoms with E-state index in [1.807, 2.05) is 45.9 Å². The van der Waals surface area contributed by atoms with Gasteiger partial charge in [0.15, 0.2) is 0 Å². The number of para-hydroxylation sites is 3. The lowest BCUT2D eigenvalue weighted by Gasteiger charge is -2.25. The van der Waals surface area contributed by atoms with Crippen molar-refractivity contribution in [2.75, 3.05) is 17.5 Å². The number of hydrogen-bond donors (Lipinski definition) is 1. The van der Waals surface area contributed by atoms with Crippen molar-refractivity contribution in [1.29, 1.82) is 0 Å². The van der Waals surface area contributed by atoms with Crippen molar-refractivity contribution in [1.82, 2.24) is 9.99 Å². The van der Waals surface area contributed by atoms with Crippen molar-refractivity contribution >= 4 is 27.8 Å². The second kappa shape index (κ2) is 12.2. The van der Waals surface area contributed by atoms with Crippen molar-refractivity contribution in [3.05, 3.63) is 107 Å². The Labute approximate surface area is 236 Å². The van der Waals surface area contributed by atoms with Gasteiger partial charge >= 0.3 is 0 Å². The molecule has 0 radical (unpaired) electrons. The maximum Gasteiger partial charge on any atom is 0.264 e. The molecule has 1 N–H and O–H groups in total. The predicted octanol–water partition coefficient (Wildman–Crippen LogP) is 5.46. The minimum absolute atomic E-state index is 0.0735. The van der Waals surface area contributed by atoms with Crippen LogP contribution in [0.2, 0.25) is 0 Å². The average molecular weight is 559 g/mol. The van der Waals surface area contributed by atoms with Crippen molar-refractivity contribution in [2.24, 2.45) is 5.10 Å². The summed E-state index contributed by atoms with van der Waals surface area (Å²) in [7, 11) is -4.09. The van der Waals surface area contributed by atoms with Gasteiger partial charge in [-0.2, -0.15) is 5.10 Å². The minimum atomic E-state index is -4.09. The average Bonchev–Trinajstić information content (AvgIpc) is 3.21. The van der Waals surface area contributed by atoms with Crippen LogP contribution in [0.5, 0.6) is 5.75 Å². The highest BCUT2D eigenvalue weighted by atomic mass is 32.2. The van der Waals surface area contributed by atoms with Crippen LogP contribution < -0.4 is 14.5 Å². The molecule has 3 aromatic carbocycles. The van der Waals surface area contributed by atoms with Crippen LogP contribution in [0.15, 0.2) is 88.9 Å². The smallest absolute Gasteiger partial charge is 0.264 e. The first-order chi connectivity index (χ1) is 19.1. The second-order valence-corrected chi connectivity index (χ2v) is 11.3. The summed E-state index contributed by atoms with van der Waals surface area (Å²) in [4.78, 5) is 13.1. The van der Waals surface area contributed by atoms with Crippen molar-refractivity contribution in [3.8, 4) is 11.4 Å². The number of amides is 1. The lowest BCUT2D eigenvalue weighted by atomic mass is 10.2. The van der Waals surface area contributed by atoms with E-state index in [9.17, 15) is 13.2 Å². The first-order valence-electron chi connectivity index (χ1n) is 13.0. The summed E-state index contributed by atoms with van der Waals surface area (Å²) >= 11 is 0. The van der Waals surface area contributed by atoms with Crippen LogP contribution >= 0.6 is 0 Å². The standard InChI is InChI=1S/C31H34N4O4S/c1-6-39-30-14-10-9-13-29(30)34(40(37,38)27-17-15-22(2)16-18-27)21-31(36)33-32-20-26-19-24(4)35(25(26)5)28-12-8-7-11-23(28)3/h7-20H,6,21H2,1-5H3,(H,33,36)/b32-20-. The summed E-state index contributed by atoms with van der Waals surface area (Å²) in [5.74, 6) is -0.230. The quantitative estimate of drug-likeness (QED) is 0.207. The summed E-state index contributed by atoms with van der Waals surface area (Å²) in [5.41, 5.74) is 8.75. The van der Waals surface area contributed by atoms with Crippen LogP contribution in [0.1, 0.15) is 35.0 Å². The summed E-state index contributed by atoms with van der Waals surface area (Å²) in [6.45, 7) is 9.60. The second-order valence-electron chi connectivity index (χ2n) is 9.47.